The number of anilines is 2. The Morgan fingerprint density at radius 3 is 1.34 bits per heavy atom. The van der Waals surface area contributed by atoms with Crippen molar-refractivity contribution in [1.82, 2.24) is 0 Å². The van der Waals surface area contributed by atoms with E-state index < -0.39 is 0 Å². The first-order chi connectivity index (χ1) is 33.5. The standard InChI is InChI=1S/C27H33NOS.C22H29NO2.C6H8S.C6H5.ClH.Li/c1-3-5-18-28(19-6-4-2)25-16-14-24(15-17-26-13-10-20-30-26)27(21-25)29-22-23-11-8-7-9-12-23;1-3-5-14-23(15-6-4-2)21-13-12-20(17-24)22(16-21)25-18-19-10-8-7-9-11-19;1-2-6-4-3-5-7-6;1-2-4-6-5-3-1;;/h7-17,20-21H,3-6,18-19,22H2,1-2H3;7-13,16-17H,3-6,14-15,18H2,1-2H3;3-5H,2H2,1H3;1-5H;1H;/q;;;-1;;+1/p-1. The second-order valence-corrected chi connectivity index (χ2v) is 18.4. The Morgan fingerprint density at radius 2 is 0.971 bits per heavy atom. The molecule has 0 atom stereocenters. The van der Waals surface area contributed by atoms with Crippen LogP contribution in [0, 0.1) is 6.07 Å². The van der Waals surface area contributed by atoms with Crippen molar-refractivity contribution >= 4 is 52.5 Å². The van der Waals surface area contributed by atoms with Gasteiger partial charge in [0.2, 0.25) is 0 Å². The molecule has 9 heteroatoms. The first-order valence-electron chi connectivity index (χ1n) is 24.7. The van der Waals surface area contributed by atoms with Crippen LogP contribution in [0.25, 0.3) is 12.2 Å². The van der Waals surface area contributed by atoms with Crippen LogP contribution in [-0.2, 0) is 19.6 Å². The molecule has 2 aromatic heterocycles. The number of aryl methyl sites for hydroxylation is 1. The molecule has 5 nitrogen and oxygen atoms in total. The van der Waals surface area contributed by atoms with Crippen LogP contribution in [0.1, 0.15) is 123 Å². The second-order valence-electron chi connectivity index (χ2n) is 16.4. The summed E-state index contributed by atoms with van der Waals surface area (Å²) in [5.41, 5.74) is 6.40. The van der Waals surface area contributed by atoms with Crippen molar-refractivity contribution in [1.29, 1.82) is 0 Å². The predicted molar refractivity (Wildman–Crippen MR) is 296 cm³/mol. The van der Waals surface area contributed by atoms with E-state index in [9.17, 15) is 4.79 Å². The normalized spacial score (nSPS) is 10.1. The maximum Gasteiger partial charge on any atom is 1.00 e. The van der Waals surface area contributed by atoms with Crippen LogP contribution >= 0.6 is 22.7 Å². The average Bonchev–Trinajstić information content (AvgIpc) is 4.15. The molecule has 7 rings (SSSR count). The molecule has 0 bridgehead atoms. The molecule has 5 aromatic carbocycles. The largest absolute Gasteiger partial charge is 1.00 e. The quantitative estimate of drug-likeness (QED) is 0.0343. The fourth-order valence-corrected chi connectivity index (χ4v) is 8.22. The van der Waals surface area contributed by atoms with E-state index in [1.165, 1.54) is 78.8 Å². The van der Waals surface area contributed by atoms with Crippen LogP contribution < -0.4 is 50.5 Å². The van der Waals surface area contributed by atoms with E-state index in [0.717, 1.165) is 55.0 Å². The molecule has 7 aromatic rings. The van der Waals surface area contributed by atoms with Gasteiger partial charge in [-0.15, -0.1) is 22.7 Å². The number of hydrogen-bond acceptors (Lipinski definition) is 7. The van der Waals surface area contributed by atoms with Crippen LogP contribution in [-0.4, -0.2) is 32.5 Å². The molecule has 0 N–H and O–H groups in total. The summed E-state index contributed by atoms with van der Waals surface area (Å²) in [7, 11) is 0. The van der Waals surface area contributed by atoms with Gasteiger partial charge in [0.05, 0.1) is 5.56 Å². The van der Waals surface area contributed by atoms with Gasteiger partial charge in [-0.2, -0.15) is 36.4 Å². The third-order valence-corrected chi connectivity index (χ3v) is 12.8. The monoisotopic (exact) mass is 990 g/mol. The predicted octanol–water partition coefficient (Wildman–Crippen LogP) is 11.2. The number of carbonyl (C=O) groups is 1. The maximum absolute atomic E-state index is 11.4. The maximum atomic E-state index is 11.4. The van der Waals surface area contributed by atoms with Gasteiger partial charge in [0.1, 0.15) is 24.7 Å². The van der Waals surface area contributed by atoms with Gasteiger partial charge in [-0.25, -0.2) is 0 Å². The summed E-state index contributed by atoms with van der Waals surface area (Å²) < 4.78 is 12.3. The number of unbranched alkanes of at least 4 members (excludes halogenated alkanes) is 4. The molecular weight excluding hydrogens is 915 g/mol. The molecule has 0 saturated heterocycles. The van der Waals surface area contributed by atoms with Gasteiger partial charge >= 0.3 is 18.9 Å². The van der Waals surface area contributed by atoms with Gasteiger partial charge in [0.25, 0.3) is 0 Å². The third kappa shape index (κ3) is 24.2. The number of benzene rings is 5. The van der Waals surface area contributed by atoms with Gasteiger partial charge in [0.15, 0.2) is 6.29 Å². The molecule has 0 saturated carbocycles. The summed E-state index contributed by atoms with van der Waals surface area (Å²) in [5, 5.41) is 4.22. The average molecular weight is 991 g/mol. The topological polar surface area (TPSA) is 42.0 Å². The van der Waals surface area contributed by atoms with Crippen molar-refractivity contribution in [3.63, 3.8) is 0 Å². The Bertz CT molecular complexity index is 2290. The second kappa shape index (κ2) is 38.7. The number of thiophene rings is 2. The van der Waals surface area contributed by atoms with Crippen molar-refractivity contribution in [2.24, 2.45) is 0 Å². The van der Waals surface area contributed by atoms with Crippen LogP contribution in [0.4, 0.5) is 11.4 Å². The molecule has 0 unspecified atom stereocenters. The molecule has 0 aliphatic rings. The van der Waals surface area contributed by atoms with Crippen molar-refractivity contribution < 1.29 is 45.5 Å². The smallest absolute Gasteiger partial charge is 1.00 e. The number of ether oxygens (including phenoxy) is 2. The van der Waals surface area contributed by atoms with Crippen molar-refractivity contribution in [3.8, 4) is 11.5 Å². The van der Waals surface area contributed by atoms with E-state index in [1.54, 1.807) is 11.3 Å². The summed E-state index contributed by atoms with van der Waals surface area (Å²) in [6, 6.07) is 54.0. The molecular formula is C61H75ClLiN2O3S2-. The zero-order valence-electron chi connectivity index (χ0n) is 42.7. The van der Waals surface area contributed by atoms with Gasteiger partial charge in [-0.3, -0.25) is 4.79 Å². The summed E-state index contributed by atoms with van der Waals surface area (Å²) in [4.78, 5) is 19.0. The molecule has 368 valence electrons. The van der Waals surface area contributed by atoms with E-state index in [1.807, 2.05) is 96.3 Å². The Hall–Kier alpha value is -5.00. The summed E-state index contributed by atoms with van der Waals surface area (Å²) in [5.74, 6) is 1.61. The van der Waals surface area contributed by atoms with Crippen LogP contribution in [0.3, 0.4) is 0 Å². The fourth-order valence-electron chi connectivity index (χ4n) is 6.94. The molecule has 70 heavy (non-hydrogen) atoms. The number of aldehydes is 1. The van der Waals surface area contributed by atoms with E-state index in [0.29, 0.717) is 24.5 Å². The molecule has 0 radical (unpaired) electrons. The molecule has 0 spiro atoms. The Balaban J connectivity index is 0.000000375. The van der Waals surface area contributed by atoms with E-state index in [4.69, 9.17) is 9.47 Å². The number of halogens is 1. The minimum atomic E-state index is 0. The number of rotatable bonds is 24. The minimum absolute atomic E-state index is 0. The van der Waals surface area contributed by atoms with E-state index in [-0.39, 0.29) is 31.3 Å². The first kappa shape index (κ1) is 61.1. The van der Waals surface area contributed by atoms with E-state index >= 15 is 0 Å². The number of carbonyl (C=O) groups excluding carboxylic acids is 1. The number of hydrogen-bond donors (Lipinski definition) is 0. The van der Waals surface area contributed by atoms with E-state index in [2.05, 4.69) is 140 Å². The molecule has 2 heterocycles. The van der Waals surface area contributed by atoms with Gasteiger partial charge in [0, 0.05) is 65.0 Å². The summed E-state index contributed by atoms with van der Waals surface area (Å²) in [6.07, 6.45) is 15.9. The fraction of sp³-hybridized carbons (Fsp3) is 0.328. The van der Waals surface area contributed by atoms with Crippen LogP contribution in [0.15, 0.2) is 162 Å². The molecule has 0 amide bonds. The first-order valence-corrected chi connectivity index (χ1v) is 26.5. The zero-order valence-corrected chi connectivity index (χ0v) is 45.1. The van der Waals surface area contributed by atoms with Gasteiger partial charge in [-0.05, 0) is 103 Å². The SMILES string of the molecule is CCCCN(CCCC)c1ccc(C=Cc2cccs2)c(OCc2ccccc2)c1.CCCCN(CCCC)c1ccc(C=O)c(OCc2ccccc2)c1.CCc1cccs1.[Cl-].[Li+].[c-]1ccccc1. The Labute approximate surface area is 448 Å². The molecule has 0 aliphatic heterocycles. The van der Waals surface area contributed by atoms with Crippen molar-refractivity contribution in [2.45, 2.75) is 106 Å². The Kier molecular flexibility index (Phi) is 33.8. The molecule has 0 fully saturated rings. The van der Waals surface area contributed by atoms with Crippen LogP contribution in [0.2, 0.25) is 0 Å². The van der Waals surface area contributed by atoms with Crippen molar-refractivity contribution in [2.75, 3.05) is 36.0 Å². The summed E-state index contributed by atoms with van der Waals surface area (Å²) in [6.45, 7) is 16.4. The molecule has 0 aliphatic carbocycles. The Morgan fingerprint density at radius 1 is 0.514 bits per heavy atom. The van der Waals surface area contributed by atoms with Gasteiger partial charge in [-0.1, -0.05) is 133 Å². The van der Waals surface area contributed by atoms with Crippen LogP contribution in [0.5, 0.6) is 11.5 Å². The minimum Gasteiger partial charge on any atom is -1.00 e. The third-order valence-electron chi connectivity index (χ3n) is 11.0. The zero-order chi connectivity index (χ0) is 48.3. The number of nitrogens with zero attached hydrogens (tertiary/aromatic N) is 2. The summed E-state index contributed by atoms with van der Waals surface area (Å²) >= 11 is 3.57. The van der Waals surface area contributed by atoms with Gasteiger partial charge < -0.3 is 31.7 Å². The van der Waals surface area contributed by atoms with Crippen molar-refractivity contribution in [3.05, 3.63) is 200 Å².